The number of oxazole rings is 1. The third-order valence-electron chi connectivity index (χ3n) is 3.71. The predicted molar refractivity (Wildman–Crippen MR) is 82.9 cm³/mol. The molecular formula is C15H18N2O3S. The van der Waals surface area contributed by atoms with Crippen molar-refractivity contribution in [2.45, 2.75) is 38.2 Å². The van der Waals surface area contributed by atoms with Crippen molar-refractivity contribution in [1.82, 2.24) is 4.98 Å². The highest BCUT2D eigenvalue weighted by atomic mass is 32.1. The predicted octanol–water partition coefficient (Wildman–Crippen LogP) is 3.78. The second-order valence-corrected chi connectivity index (χ2v) is 5.72. The van der Waals surface area contributed by atoms with Gasteiger partial charge in [-0.1, -0.05) is 19.3 Å². The first-order chi connectivity index (χ1) is 10.2. The molecule has 1 aromatic carbocycles. The van der Waals surface area contributed by atoms with Gasteiger partial charge in [-0.25, -0.2) is 0 Å². The highest BCUT2D eigenvalue weighted by Gasteiger charge is 2.15. The van der Waals surface area contributed by atoms with Crippen LogP contribution in [0.15, 0.2) is 22.6 Å². The van der Waals surface area contributed by atoms with Crippen molar-refractivity contribution in [3.05, 3.63) is 23.0 Å². The zero-order chi connectivity index (χ0) is 14.7. The van der Waals surface area contributed by atoms with E-state index in [0.717, 1.165) is 18.4 Å². The number of hydrogen-bond acceptors (Lipinski definition) is 4. The molecule has 112 valence electrons. The minimum Gasteiger partial charge on any atom is -0.429 e. The Morgan fingerprint density at radius 3 is 3.00 bits per heavy atom. The first-order valence-electron chi connectivity index (χ1n) is 7.25. The summed E-state index contributed by atoms with van der Waals surface area (Å²) in [5, 5.41) is 2.81. The second kappa shape index (κ2) is 6.41. The van der Waals surface area contributed by atoms with E-state index in [2.05, 4.69) is 10.3 Å². The van der Waals surface area contributed by atoms with Gasteiger partial charge in [0.25, 0.3) is 4.84 Å². The van der Waals surface area contributed by atoms with Crippen molar-refractivity contribution in [3.8, 4) is 0 Å². The Kier molecular flexibility index (Phi) is 4.36. The maximum absolute atomic E-state index is 11.9. The topological polar surface area (TPSA) is 67.3 Å². The minimum absolute atomic E-state index is 0.0965. The molecule has 0 radical (unpaired) electrons. The third kappa shape index (κ3) is 3.71. The highest BCUT2D eigenvalue weighted by molar-refractivity contribution is 7.71. The summed E-state index contributed by atoms with van der Waals surface area (Å²) in [6, 6.07) is 5.38. The van der Waals surface area contributed by atoms with Gasteiger partial charge in [0.2, 0.25) is 5.91 Å². The summed E-state index contributed by atoms with van der Waals surface area (Å²) in [7, 11) is 0. The number of aromatic nitrogens is 1. The Bertz CT molecular complexity index is 686. The van der Waals surface area contributed by atoms with Crippen LogP contribution in [-0.2, 0) is 9.53 Å². The van der Waals surface area contributed by atoms with Crippen LogP contribution in [0.2, 0.25) is 0 Å². The Balaban J connectivity index is 1.56. The summed E-state index contributed by atoms with van der Waals surface area (Å²) < 4.78 is 11.0. The maximum atomic E-state index is 11.9. The molecule has 0 spiro atoms. The van der Waals surface area contributed by atoms with Gasteiger partial charge in [0, 0.05) is 11.8 Å². The molecule has 21 heavy (non-hydrogen) atoms. The van der Waals surface area contributed by atoms with Crippen LogP contribution in [0.1, 0.15) is 32.1 Å². The summed E-state index contributed by atoms with van der Waals surface area (Å²) in [5.41, 5.74) is 2.12. The lowest BCUT2D eigenvalue weighted by Gasteiger charge is -2.21. The van der Waals surface area contributed by atoms with Crippen LogP contribution in [0.25, 0.3) is 11.1 Å². The molecule has 0 atom stereocenters. The molecule has 0 saturated heterocycles. The van der Waals surface area contributed by atoms with Crippen LogP contribution in [0.5, 0.6) is 0 Å². The number of nitrogens with one attached hydrogen (secondary N) is 2. The van der Waals surface area contributed by atoms with Gasteiger partial charge >= 0.3 is 0 Å². The Morgan fingerprint density at radius 1 is 1.38 bits per heavy atom. The molecule has 1 saturated carbocycles. The van der Waals surface area contributed by atoms with E-state index >= 15 is 0 Å². The van der Waals surface area contributed by atoms with Gasteiger partial charge in [-0.05, 0) is 37.2 Å². The summed E-state index contributed by atoms with van der Waals surface area (Å²) in [5.74, 6) is -0.144. The number of amides is 1. The van der Waals surface area contributed by atoms with Gasteiger partial charge in [0.05, 0.1) is 11.6 Å². The number of hydrogen-bond donors (Lipinski definition) is 2. The van der Waals surface area contributed by atoms with Crippen LogP contribution in [0.4, 0.5) is 5.69 Å². The lowest BCUT2D eigenvalue weighted by Crippen LogP contribution is -2.24. The van der Waals surface area contributed by atoms with E-state index in [4.69, 9.17) is 21.4 Å². The fourth-order valence-electron chi connectivity index (χ4n) is 2.65. The average Bonchev–Trinajstić information content (AvgIpc) is 2.85. The van der Waals surface area contributed by atoms with Crippen LogP contribution in [-0.4, -0.2) is 23.6 Å². The molecule has 1 aliphatic rings. The van der Waals surface area contributed by atoms with Crippen molar-refractivity contribution in [1.29, 1.82) is 0 Å². The minimum atomic E-state index is -0.144. The Hall–Kier alpha value is -1.66. The normalized spacial score (nSPS) is 16.2. The summed E-state index contributed by atoms with van der Waals surface area (Å²) in [6.07, 6.45) is 6.01. The van der Waals surface area contributed by atoms with Crippen LogP contribution in [0, 0.1) is 4.84 Å². The van der Waals surface area contributed by atoms with Crippen LogP contribution >= 0.6 is 12.2 Å². The molecule has 0 aliphatic heterocycles. The number of rotatable bonds is 4. The van der Waals surface area contributed by atoms with E-state index in [1.807, 2.05) is 12.1 Å². The SMILES string of the molecule is O=C(COC1CCCCC1)Nc1ccc2[nH]c(=S)oc2c1. The molecule has 2 N–H and O–H groups in total. The molecule has 3 rings (SSSR count). The molecule has 2 aromatic rings. The molecule has 1 amide bonds. The highest BCUT2D eigenvalue weighted by Crippen LogP contribution is 2.21. The fourth-order valence-corrected chi connectivity index (χ4v) is 2.85. The number of ether oxygens (including phenoxy) is 1. The number of H-pyrrole nitrogens is 1. The fraction of sp³-hybridized carbons (Fsp3) is 0.467. The summed E-state index contributed by atoms with van der Waals surface area (Å²) >= 11 is 4.93. The zero-order valence-corrected chi connectivity index (χ0v) is 12.5. The zero-order valence-electron chi connectivity index (χ0n) is 11.7. The van der Waals surface area contributed by atoms with Crippen molar-refractivity contribution in [3.63, 3.8) is 0 Å². The molecule has 6 heteroatoms. The van der Waals surface area contributed by atoms with Gasteiger partial charge in [-0.2, -0.15) is 0 Å². The van der Waals surface area contributed by atoms with E-state index in [0.29, 0.717) is 16.1 Å². The number of aromatic amines is 1. The van der Waals surface area contributed by atoms with Gasteiger partial charge in [0.15, 0.2) is 5.58 Å². The molecule has 1 heterocycles. The largest absolute Gasteiger partial charge is 0.429 e. The molecule has 5 nitrogen and oxygen atoms in total. The number of fused-ring (bicyclic) bond motifs is 1. The second-order valence-electron chi connectivity index (χ2n) is 5.34. The van der Waals surface area contributed by atoms with E-state index in [-0.39, 0.29) is 18.6 Å². The van der Waals surface area contributed by atoms with Gasteiger partial charge in [-0.15, -0.1) is 0 Å². The van der Waals surface area contributed by atoms with E-state index in [1.54, 1.807) is 6.07 Å². The standard InChI is InChI=1S/C15H18N2O3S/c18-14(9-19-11-4-2-1-3-5-11)16-10-6-7-12-13(8-10)20-15(21)17-12/h6-8,11H,1-5,9H2,(H,16,18)(H,17,21). The monoisotopic (exact) mass is 306 g/mol. The molecule has 0 bridgehead atoms. The third-order valence-corrected chi connectivity index (χ3v) is 3.89. The molecule has 1 fully saturated rings. The van der Waals surface area contributed by atoms with Crippen molar-refractivity contribution >= 4 is 34.9 Å². The van der Waals surface area contributed by atoms with E-state index in [1.165, 1.54) is 19.3 Å². The molecule has 1 aliphatic carbocycles. The van der Waals surface area contributed by atoms with Gasteiger partial charge in [0.1, 0.15) is 6.61 Å². The smallest absolute Gasteiger partial charge is 0.266 e. The van der Waals surface area contributed by atoms with Gasteiger partial charge in [-0.3, -0.25) is 4.79 Å². The molecular weight excluding hydrogens is 288 g/mol. The average molecular weight is 306 g/mol. The van der Waals surface area contributed by atoms with Crippen LogP contribution < -0.4 is 5.32 Å². The summed E-state index contributed by atoms with van der Waals surface area (Å²) in [6.45, 7) is 0.0965. The number of benzene rings is 1. The first-order valence-corrected chi connectivity index (χ1v) is 7.66. The Labute approximate surface area is 127 Å². The number of carbonyl (C=O) groups excluding carboxylic acids is 1. The van der Waals surface area contributed by atoms with E-state index in [9.17, 15) is 4.79 Å². The molecule has 0 unspecified atom stereocenters. The maximum Gasteiger partial charge on any atom is 0.266 e. The molecule has 1 aromatic heterocycles. The number of anilines is 1. The first kappa shape index (κ1) is 14.3. The summed E-state index contributed by atoms with van der Waals surface area (Å²) in [4.78, 5) is 15.1. The lowest BCUT2D eigenvalue weighted by atomic mass is 9.98. The number of carbonyl (C=O) groups is 1. The Morgan fingerprint density at radius 2 is 2.19 bits per heavy atom. The van der Waals surface area contributed by atoms with E-state index < -0.39 is 0 Å². The quantitative estimate of drug-likeness (QED) is 0.844. The van der Waals surface area contributed by atoms with Crippen molar-refractivity contribution < 1.29 is 13.9 Å². The van der Waals surface area contributed by atoms with Crippen LogP contribution in [0.3, 0.4) is 0 Å². The van der Waals surface area contributed by atoms with Crippen molar-refractivity contribution in [2.24, 2.45) is 0 Å². The lowest BCUT2D eigenvalue weighted by molar-refractivity contribution is -0.123. The van der Waals surface area contributed by atoms with Crippen molar-refractivity contribution in [2.75, 3.05) is 11.9 Å². The van der Waals surface area contributed by atoms with Gasteiger partial charge < -0.3 is 19.5 Å².